The lowest BCUT2D eigenvalue weighted by atomic mass is 10.2. The molecule has 0 atom stereocenters. The first kappa shape index (κ1) is 8.90. The highest BCUT2D eigenvalue weighted by molar-refractivity contribution is 5.41. The Morgan fingerprint density at radius 2 is 2.12 bits per heavy atom. The summed E-state index contributed by atoms with van der Waals surface area (Å²) in [6, 6.07) is 9.17. The quantitative estimate of drug-likeness (QED) is 0.535. The Kier molecular flexibility index (Phi) is 1.86. The van der Waals surface area contributed by atoms with Gasteiger partial charge in [0.05, 0.1) is 12.4 Å². The van der Waals surface area contributed by atoms with E-state index >= 15 is 0 Å². The molecule has 0 saturated heterocycles. The fraction of sp³-hybridized carbons (Fsp3) is 0.100. The molecule has 0 N–H and O–H groups in total. The van der Waals surface area contributed by atoms with Crippen molar-refractivity contribution in [2.24, 2.45) is 5.22 Å². The summed E-state index contributed by atoms with van der Waals surface area (Å²) >= 11 is 0. The number of hydrogen-bond acceptors (Lipinski definition) is 4. The van der Waals surface area contributed by atoms with Gasteiger partial charge in [-0.15, -0.1) is 9.96 Å². The van der Waals surface area contributed by atoms with Crippen LogP contribution >= 0.6 is 0 Å². The fourth-order valence-corrected chi connectivity index (χ4v) is 1.67. The van der Waals surface area contributed by atoms with Crippen molar-refractivity contribution in [1.82, 2.24) is 9.89 Å². The smallest absolute Gasteiger partial charge is 0.166 e. The first-order valence-corrected chi connectivity index (χ1v) is 4.89. The molecule has 1 aromatic carbocycles. The van der Waals surface area contributed by atoms with E-state index in [0.29, 0.717) is 17.1 Å². The molecule has 0 saturated carbocycles. The van der Waals surface area contributed by atoms with Crippen molar-refractivity contribution in [1.29, 1.82) is 0 Å². The van der Waals surface area contributed by atoms with Crippen LogP contribution in [0.15, 0.2) is 47.9 Å². The van der Waals surface area contributed by atoms with Gasteiger partial charge in [0.1, 0.15) is 5.22 Å². The maximum Gasteiger partial charge on any atom is 0.166 e. The van der Waals surface area contributed by atoms with E-state index in [4.69, 9.17) is 0 Å². The first-order valence-electron chi connectivity index (χ1n) is 4.89. The summed E-state index contributed by atoms with van der Waals surface area (Å²) < 4.78 is 0. The van der Waals surface area contributed by atoms with Crippen molar-refractivity contribution in [3.8, 4) is 0 Å². The molecular weight excluding hydrogens is 206 g/mol. The second kappa shape index (κ2) is 3.34. The van der Waals surface area contributed by atoms with Gasteiger partial charge in [-0.25, -0.2) is 0 Å². The molecular formula is C10H9N5O. The topological polar surface area (TPSA) is 59.5 Å². The Morgan fingerprint density at radius 3 is 2.94 bits per heavy atom. The Hall–Kier alpha value is -2.37. The van der Waals surface area contributed by atoms with Crippen LogP contribution in [0, 0.1) is 5.21 Å². The van der Waals surface area contributed by atoms with Crippen molar-refractivity contribution in [2.45, 2.75) is 6.54 Å². The number of nitrogens with zero attached hydrogens (tertiary/aromatic N) is 5. The van der Waals surface area contributed by atoms with E-state index in [9.17, 15) is 5.21 Å². The number of fused-ring (bicyclic) bond motifs is 1. The van der Waals surface area contributed by atoms with E-state index in [-0.39, 0.29) is 0 Å². The molecule has 2 aromatic rings. The molecule has 2 heterocycles. The van der Waals surface area contributed by atoms with Gasteiger partial charge in [0.15, 0.2) is 12.2 Å². The second-order valence-corrected chi connectivity index (χ2v) is 3.45. The van der Waals surface area contributed by atoms with E-state index in [2.05, 4.69) is 10.3 Å². The van der Waals surface area contributed by atoms with Crippen molar-refractivity contribution >= 4 is 5.69 Å². The molecule has 6 heteroatoms. The molecule has 0 unspecified atom stereocenters. The fourth-order valence-electron chi connectivity index (χ4n) is 1.67. The van der Waals surface area contributed by atoms with Crippen LogP contribution in [0.3, 0.4) is 0 Å². The maximum atomic E-state index is 11.7. The number of rotatable bonds is 1. The van der Waals surface area contributed by atoms with Crippen LogP contribution in [0.1, 0.15) is 5.56 Å². The normalized spacial score (nSPS) is 14.5. The van der Waals surface area contributed by atoms with Crippen LogP contribution in [-0.4, -0.2) is 14.8 Å². The van der Waals surface area contributed by atoms with Gasteiger partial charge in [-0.3, -0.25) is 0 Å². The Balaban J connectivity index is 2.03. The highest BCUT2D eigenvalue weighted by Gasteiger charge is 2.23. The lowest BCUT2D eigenvalue weighted by molar-refractivity contribution is -0.450. The van der Waals surface area contributed by atoms with Crippen LogP contribution in [0.4, 0.5) is 5.69 Å². The van der Waals surface area contributed by atoms with E-state index < -0.39 is 0 Å². The predicted molar refractivity (Wildman–Crippen MR) is 56.3 cm³/mol. The summed E-state index contributed by atoms with van der Waals surface area (Å²) in [6.45, 7) is 0.538. The summed E-state index contributed by atoms with van der Waals surface area (Å²) in [6.07, 6.45) is 3.39. The minimum Gasteiger partial charge on any atom is -0.691 e. The summed E-state index contributed by atoms with van der Waals surface area (Å²) in [7, 11) is 0. The molecule has 1 aliphatic heterocycles. The van der Waals surface area contributed by atoms with E-state index in [1.165, 1.54) is 9.91 Å². The highest BCUT2D eigenvalue weighted by Crippen LogP contribution is 2.23. The third-order valence-corrected chi connectivity index (χ3v) is 2.42. The van der Waals surface area contributed by atoms with Gasteiger partial charge in [-0.1, -0.05) is 23.0 Å². The monoisotopic (exact) mass is 215 g/mol. The predicted octanol–water partition coefficient (Wildman–Crippen LogP) is 1.54. The van der Waals surface area contributed by atoms with Crippen molar-refractivity contribution < 1.29 is 4.86 Å². The number of benzene rings is 1. The zero-order chi connectivity index (χ0) is 11.0. The Morgan fingerprint density at radius 1 is 1.25 bits per heavy atom. The van der Waals surface area contributed by atoms with Gasteiger partial charge >= 0.3 is 0 Å². The number of hydrogen-bond donors (Lipinski definition) is 0. The standard InChI is InChI=1S/C10H9N5O/c16-15-10-5-2-1-4-9(10)8-14(12-15)13-7-3-6-11-13/h1-7H,8H2. The number of para-hydroxylation sites is 1. The van der Waals surface area contributed by atoms with Gasteiger partial charge in [0.2, 0.25) is 0 Å². The lowest BCUT2D eigenvalue weighted by Gasteiger charge is -2.19. The third-order valence-electron chi connectivity index (χ3n) is 2.42. The lowest BCUT2D eigenvalue weighted by Crippen LogP contribution is -2.33. The molecule has 0 bridgehead atoms. The zero-order valence-corrected chi connectivity index (χ0v) is 8.39. The van der Waals surface area contributed by atoms with Gasteiger partial charge in [-0.2, -0.15) is 0 Å². The van der Waals surface area contributed by atoms with Crippen LogP contribution < -0.4 is 5.12 Å². The molecule has 80 valence electrons. The number of aromatic nitrogens is 2. The molecule has 0 radical (unpaired) electrons. The van der Waals surface area contributed by atoms with Crippen molar-refractivity contribution in [3.63, 3.8) is 0 Å². The van der Waals surface area contributed by atoms with Crippen LogP contribution in [0.5, 0.6) is 0 Å². The highest BCUT2D eigenvalue weighted by atomic mass is 16.5. The van der Waals surface area contributed by atoms with E-state index in [0.717, 1.165) is 5.56 Å². The molecule has 1 aliphatic rings. The molecule has 6 nitrogen and oxygen atoms in total. The van der Waals surface area contributed by atoms with Crippen LogP contribution in [0.25, 0.3) is 0 Å². The van der Waals surface area contributed by atoms with Crippen LogP contribution in [0.2, 0.25) is 0 Å². The van der Waals surface area contributed by atoms with E-state index in [1.54, 1.807) is 24.5 Å². The van der Waals surface area contributed by atoms with E-state index in [1.807, 2.05) is 18.2 Å². The third kappa shape index (κ3) is 1.31. The Bertz CT molecular complexity index is 534. The summed E-state index contributed by atoms with van der Waals surface area (Å²) in [4.78, 5) is 2.14. The average molecular weight is 215 g/mol. The van der Waals surface area contributed by atoms with Gasteiger partial charge in [0, 0.05) is 5.56 Å². The molecule has 3 rings (SSSR count). The first-order chi connectivity index (χ1) is 7.84. The molecule has 16 heavy (non-hydrogen) atoms. The minimum absolute atomic E-state index is 0.538. The average Bonchev–Trinajstić information content (AvgIpc) is 2.82. The minimum atomic E-state index is 0.538. The van der Waals surface area contributed by atoms with Gasteiger partial charge in [0.25, 0.3) is 0 Å². The second-order valence-electron chi connectivity index (χ2n) is 3.45. The molecule has 0 fully saturated rings. The zero-order valence-electron chi connectivity index (χ0n) is 8.39. The van der Waals surface area contributed by atoms with Crippen molar-refractivity contribution in [2.75, 3.05) is 5.12 Å². The van der Waals surface area contributed by atoms with Gasteiger partial charge < -0.3 is 5.21 Å². The summed E-state index contributed by atoms with van der Waals surface area (Å²) in [5, 5.41) is 21.1. The van der Waals surface area contributed by atoms with Gasteiger partial charge in [-0.05, 0) is 17.3 Å². The Labute approximate surface area is 91.6 Å². The molecule has 0 aliphatic carbocycles. The van der Waals surface area contributed by atoms with Crippen molar-refractivity contribution in [3.05, 3.63) is 53.5 Å². The summed E-state index contributed by atoms with van der Waals surface area (Å²) in [5.41, 5.74) is 1.52. The molecule has 0 spiro atoms. The largest absolute Gasteiger partial charge is 0.691 e. The molecule has 0 amide bonds. The maximum absolute atomic E-state index is 11.7. The van der Waals surface area contributed by atoms with Crippen LogP contribution in [-0.2, 0) is 6.54 Å². The molecule has 1 aromatic heterocycles. The SMILES string of the molecule is [O-][N+]1=NN(n2cccn2)Cc2ccccc21. The summed E-state index contributed by atoms with van der Waals surface area (Å²) in [5.74, 6) is 0.